The normalized spacial score (nSPS) is 10.4. The van der Waals surface area contributed by atoms with Crippen molar-refractivity contribution in [3.63, 3.8) is 0 Å². The lowest BCUT2D eigenvalue weighted by Crippen LogP contribution is -2.23. The summed E-state index contributed by atoms with van der Waals surface area (Å²) in [5.74, 6) is 0. The van der Waals surface area contributed by atoms with Gasteiger partial charge in [0, 0.05) is 6.21 Å². The number of hydrogen-bond donors (Lipinski definition) is 2. The third-order valence-corrected chi connectivity index (χ3v) is 1.54. The molecule has 3 N–H and O–H groups in total. The Morgan fingerprint density at radius 3 is 2.83 bits per heavy atom. The molecule has 0 bridgehead atoms. The maximum Gasteiger partial charge on any atom is 0.184 e. The van der Waals surface area contributed by atoms with Crippen molar-refractivity contribution in [3.05, 3.63) is 0 Å². The molecule has 0 aromatic carbocycles. The van der Waals surface area contributed by atoms with E-state index < -0.39 is 0 Å². The lowest BCUT2D eigenvalue weighted by molar-refractivity contribution is 0.684. The minimum atomic E-state index is 0.222. The zero-order chi connectivity index (χ0) is 9.23. The third-order valence-electron chi connectivity index (χ3n) is 1.45. The molecule has 0 fully saturated rings. The Bertz CT molecular complexity index is 145. The predicted octanol–water partition coefficient (Wildman–Crippen LogP) is 1.78. The Labute approximate surface area is 79.4 Å². The second-order valence-corrected chi connectivity index (χ2v) is 3.08. The molecule has 0 aromatic heterocycles. The highest BCUT2D eigenvalue weighted by Gasteiger charge is 1.84. The van der Waals surface area contributed by atoms with Crippen LogP contribution in [-0.4, -0.2) is 11.3 Å². The molecule has 3 nitrogen and oxygen atoms in total. The maximum absolute atomic E-state index is 5.16. The summed E-state index contributed by atoms with van der Waals surface area (Å²) in [6.45, 7) is 2.20. The zero-order valence-electron chi connectivity index (χ0n) is 7.55. The zero-order valence-corrected chi connectivity index (χ0v) is 8.36. The molecule has 12 heavy (non-hydrogen) atoms. The first-order valence-corrected chi connectivity index (χ1v) is 4.75. The standard InChI is InChI=1S/C8H17N3S/c1-2-3-4-5-6-7-10-11-8(9)12/h7H,2-6H2,1H3,(H3,9,11,12)/b10-7+. The van der Waals surface area contributed by atoms with Crippen molar-refractivity contribution in [2.75, 3.05) is 0 Å². The molecule has 0 heterocycles. The van der Waals surface area contributed by atoms with Gasteiger partial charge in [0.15, 0.2) is 5.11 Å². The fraction of sp³-hybridized carbons (Fsp3) is 0.750. The van der Waals surface area contributed by atoms with Gasteiger partial charge in [0.25, 0.3) is 0 Å². The fourth-order valence-corrected chi connectivity index (χ4v) is 0.889. The highest BCUT2D eigenvalue weighted by molar-refractivity contribution is 7.80. The minimum Gasteiger partial charge on any atom is -0.375 e. The summed E-state index contributed by atoms with van der Waals surface area (Å²) >= 11 is 4.57. The van der Waals surface area contributed by atoms with Gasteiger partial charge in [0.2, 0.25) is 0 Å². The van der Waals surface area contributed by atoms with E-state index in [9.17, 15) is 0 Å². The van der Waals surface area contributed by atoms with Crippen molar-refractivity contribution in [1.82, 2.24) is 5.43 Å². The molecule has 0 saturated heterocycles. The van der Waals surface area contributed by atoms with E-state index in [-0.39, 0.29) is 5.11 Å². The van der Waals surface area contributed by atoms with E-state index in [2.05, 4.69) is 29.7 Å². The number of thiocarbonyl (C=S) groups is 1. The highest BCUT2D eigenvalue weighted by Crippen LogP contribution is 1.99. The molecular formula is C8H17N3S. The number of hydrogen-bond acceptors (Lipinski definition) is 2. The van der Waals surface area contributed by atoms with Crippen LogP contribution in [0.2, 0.25) is 0 Å². The van der Waals surface area contributed by atoms with E-state index in [0.29, 0.717) is 0 Å². The summed E-state index contributed by atoms with van der Waals surface area (Å²) < 4.78 is 0. The third kappa shape index (κ3) is 9.36. The van der Waals surface area contributed by atoms with Gasteiger partial charge in [-0.15, -0.1) is 0 Å². The summed E-state index contributed by atoms with van der Waals surface area (Å²) in [5.41, 5.74) is 7.68. The van der Waals surface area contributed by atoms with Crippen molar-refractivity contribution in [2.24, 2.45) is 10.8 Å². The van der Waals surface area contributed by atoms with Crippen LogP contribution in [0, 0.1) is 0 Å². The van der Waals surface area contributed by atoms with Crippen molar-refractivity contribution in [3.8, 4) is 0 Å². The molecule has 0 aliphatic heterocycles. The largest absolute Gasteiger partial charge is 0.375 e. The Kier molecular flexibility index (Phi) is 8.01. The Hall–Kier alpha value is -0.640. The molecule has 0 spiro atoms. The van der Waals surface area contributed by atoms with Gasteiger partial charge in [-0.2, -0.15) is 5.10 Å². The number of nitrogens with two attached hydrogens (primary N) is 1. The molecule has 0 unspecified atom stereocenters. The van der Waals surface area contributed by atoms with Crippen LogP contribution in [0.3, 0.4) is 0 Å². The second kappa shape index (κ2) is 8.46. The van der Waals surface area contributed by atoms with Crippen LogP contribution >= 0.6 is 12.2 Å². The van der Waals surface area contributed by atoms with Gasteiger partial charge in [-0.1, -0.05) is 26.2 Å². The molecule has 4 heteroatoms. The van der Waals surface area contributed by atoms with Gasteiger partial charge in [-0.25, -0.2) is 0 Å². The average Bonchev–Trinajstić information content (AvgIpc) is 2.02. The molecule has 0 aliphatic carbocycles. The second-order valence-electron chi connectivity index (χ2n) is 2.64. The lowest BCUT2D eigenvalue weighted by Gasteiger charge is -1.95. The van der Waals surface area contributed by atoms with Gasteiger partial charge in [-0.3, -0.25) is 5.43 Å². The molecular weight excluding hydrogens is 170 g/mol. The number of unbranched alkanes of at least 4 members (excludes halogenated alkanes) is 4. The first-order valence-electron chi connectivity index (χ1n) is 4.34. The van der Waals surface area contributed by atoms with Gasteiger partial charge < -0.3 is 5.73 Å². The Morgan fingerprint density at radius 2 is 2.25 bits per heavy atom. The van der Waals surface area contributed by atoms with Gasteiger partial charge in [-0.05, 0) is 25.1 Å². The topological polar surface area (TPSA) is 50.4 Å². The molecule has 0 aliphatic rings. The van der Waals surface area contributed by atoms with E-state index in [1.807, 2.05) is 6.21 Å². The average molecular weight is 187 g/mol. The van der Waals surface area contributed by atoms with Crippen molar-refractivity contribution in [1.29, 1.82) is 0 Å². The minimum absolute atomic E-state index is 0.222. The van der Waals surface area contributed by atoms with E-state index >= 15 is 0 Å². The van der Waals surface area contributed by atoms with E-state index in [1.165, 1.54) is 25.7 Å². The maximum atomic E-state index is 5.16. The van der Waals surface area contributed by atoms with E-state index in [4.69, 9.17) is 5.73 Å². The van der Waals surface area contributed by atoms with Crippen LogP contribution in [0.15, 0.2) is 5.10 Å². The van der Waals surface area contributed by atoms with Crippen molar-refractivity contribution < 1.29 is 0 Å². The van der Waals surface area contributed by atoms with Gasteiger partial charge in [0.05, 0.1) is 0 Å². The Morgan fingerprint density at radius 1 is 1.50 bits per heavy atom. The molecule has 0 saturated carbocycles. The van der Waals surface area contributed by atoms with Gasteiger partial charge in [0.1, 0.15) is 0 Å². The molecule has 0 radical (unpaired) electrons. The molecule has 70 valence electrons. The van der Waals surface area contributed by atoms with Crippen LogP contribution in [0.1, 0.15) is 39.0 Å². The number of nitrogens with one attached hydrogen (secondary N) is 1. The first-order chi connectivity index (χ1) is 5.77. The molecule has 0 aromatic rings. The van der Waals surface area contributed by atoms with Crippen molar-refractivity contribution >= 4 is 23.5 Å². The number of hydrazone groups is 1. The lowest BCUT2D eigenvalue weighted by atomic mass is 10.2. The molecule has 0 amide bonds. The fourth-order valence-electron chi connectivity index (χ4n) is 0.836. The summed E-state index contributed by atoms with van der Waals surface area (Å²) in [6.07, 6.45) is 7.84. The summed E-state index contributed by atoms with van der Waals surface area (Å²) in [4.78, 5) is 0. The smallest absolute Gasteiger partial charge is 0.184 e. The van der Waals surface area contributed by atoms with Crippen molar-refractivity contribution in [2.45, 2.75) is 39.0 Å². The highest BCUT2D eigenvalue weighted by atomic mass is 32.1. The first kappa shape index (κ1) is 11.4. The molecule has 0 rings (SSSR count). The van der Waals surface area contributed by atoms with Gasteiger partial charge >= 0.3 is 0 Å². The quantitative estimate of drug-likeness (QED) is 0.288. The predicted molar refractivity (Wildman–Crippen MR) is 57.2 cm³/mol. The monoisotopic (exact) mass is 187 g/mol. The van der Waals surface area contributed by atoms with Crippen LogP contribution in [0.5, 0.6) is 0 Å². The number of rotatable bonds is 6. The van der Waals surface area contributed by atoms with Crippen LogP contribution in [-0.2, 0) is 0 Å². The summed E-state index contributed by atoms with van der Waals surface area (Å²) in [5, 5.41) is 4.05. The van der Waals surface area contributed by atoms with Crippen LogP contribution in [0.25, 0.3) is 0 Å². The van der Waals surface area contributed by atoms with Crippen LogP contribution in [0.4, 0.5) is 0 Å². The van der Waals surface area contributed by atoms with Crippen LogP contribution < -0.4 is 11.2 Å². The van der Waals surface area contributed by atoms with E-state index in [1.54, 1.807) is 0 Å². The summed E-state index contributed by atoms with van der Waals surface area (Å²) in [6, 6.07) is 0. The van der Waals surface area contributed by atoms with E-state index in [0.717, 1.165) is 6.42 Å². The Balaban J connectivity index is 3.08. The summed E-state index contributed by atoms with van der Waals surface area (Å²) in [7, 11) is 0. The molecule has 0 atom stereocenters. The SMILES string of the molecule is CCCCCC/C=N/NC(N)=S. The number of nitrogens with zero attached hydrogens (tertiary/aromatic N) is 1.